The zero-order valence-electron chi connectivity index (χ0n) is 28.1. The summed E-state index contributed by atoms with van der Waals surface area (Å²) < 4.78 is 7.39. The van der Waals surface area contributed by atoms with Crippen molar-refractivity contribution in [2.45, 2.75) is 33.6 Å². The van der Waals surface area contributed by atoms with Crippen LogP contribution >= 0.6 is 0 Å². The predicted molar refractivity (Wildman–Crippen MR) is 209 cm³/mol. The van der Waals surface area contributed by atoms with E-state index in [1.165, 1.54) is 88.1 Å². The molecular weight excluding hydrogens is 595 g/mol. The summed E-state index contributed by atoms with van der Waals surface area (Å²) in [6.45, 7) is 6.97. The van der Waals surface area contributed by atoms with Gasteiger partial charge in [-0.05, 0) is 85.0 Å². The van der Waals surface area contributed by atoms with E-state index in [0.29, 0.717) is 0 Å². The number of aromatic nitrogens is 3. The van der Waals surface area contributed by atoms with Crippen LogP contribution in [0.2, 0.25) is 0 Å². The van der Waals surface area contributed by atoms with Gasteiger partial charge in [0.15, 0.2) is 0 Å². The third-order valence-corrected chi connectivity index (χ3v) is 10.8. The first kappa shape index (κ1) is 28.2. The van der Waals surface area contributed by atoms with Crippen molar-refractivity contribution >= 4 is 71.1 Å². The van der Waals surface area contributed by atoms with Crippen LogP contribution in [0.15, 0.2) is 151 Å². The summed E-state index contributed by atoms with van der Waals surface area (Å²) in [7, 11) is 0. The topological polar surface area (TPSA) is 14.8 Å². The maximum atomic E-state index is 2.52. The summed E-state index contributed by atoms with van der Waals surface area (Å²) in [5.41, 5.74) is 12.8. The van der Waals surface area contributed by atoms with Crippen molar-refractivity contribution in [3.05, 3.63) is 151 Å². The molecular formula is C46H37N3. The van der Waals surface area contributed by atoms with Crippen LogP contribution in [0.5, 0.6) is 0 Å². The van der Waals surface area contributed by atoms with Gasteiger partial charge in [0.25, 0.3) is 0 Å². The summed E-state index contributed by atoms with van der Waals surface area (Å²) >= 11 is 0. The Labute approximate surface area is 285 Å². The number of para-hydroxylation sites is 4. The van der Waals surface area contributed by atoms with E-state index in [2.05, 4.69) is 180 Å². The van der Waals surface area contributed by atoms with Crippen molar-refractivity contribution in [2.75, 3.05) is 0 Å². The Kier molecular flexibility index (Phi) is 5.96. The highest BCUT2D eigenvalue weighted by molar-refractivity contribution is 6.14. The SMILES string of the molecule is CC(C)(C)C1=CC=C(n2c3ccc(-n4c5ccccc5c5ccccc54)cc3c3cc(-n4c5ccccc5c5ccccc54)ccc32)CC1. The number of benzene rings is 6. The maximum Gasteiger partial charge on any atom is 0.0541 e. The van der Waals surface area contributed by atoms with Gasteiger partial charge in [-0.3, -0.25) is 0 Å². The van der Waals surface area contributed by atoms with Crippen molar-refractivity contribution < 1.29 is 0 Å². The minimum Gasteiger partial charge on any atom is -0.313 e. The van der Waals surface area contributed by atoms with Gasteiger partial charge in [0, 0.05) is 49.4 Å². The zero-order chi connectivity index (χ0) is 32.9. The van der Waals surface area contributed by atoms with Crippen LogP contribution in [0.1, 0.15) is 33.6 Å². The Morgan fingerprint density at radius 1 is 0.388 bits per heavy atom. The van der Waals surface area contributed by atoms with Crippen LogP contribution in [0, 0.1) is 5.41 Å². The molecule has 0 spiro atoms. The number of hydrogen-bond acceptors (Lipinski definition) is 0. The highest BCUT2D eigenvalue weighted by atomic mass is 15.0. The second kappa shape index (κ2) is 10.3. The molecule has 0 aliphatic heterocycles. The molecule has 0 unspecified atom stereocenters. The average Bonchev–Trinajstić information content (AvgIpc) is 3.76. The standard InChI is InChI=1S/C46H37N3/c1-46(2,3)30-20-22-31(23-21-30)47-44-26-24-32(48-40-16-8-4-12-34(40)35-13-5-9-17-41(35)48)28-38(44)39-29-33(25-27-45(39)47)49-42-18-10-6-14-36(42)37-15-7-11-19-43(37)49/h4-20,22,24-29H,21,23H2,1-3H3. The van der Waals surface area contributed by atoms with Crippen LogP contribution in [0.25, 0.3) is 82.5 Å². The number of allylic oxidation sites excluding steroid dienone is 4. The summed E-state index contributed by atoms with van der Waals surface area (Å²) in [4.78, 5) is 0. The van der Waals surface area contributed by atoms with Gasteiger partial charge in [0.05, 0.1) is 33.1 Å². The molecule has 0 atom stereocenters. The molecule has 0 radical (unpaired) electrons. The van der Waals surface area contributed by atoms with Gasteiger partial charge in [0.2, 0.25) is 0 Å². The third kappa shape index (κ3) is 4.15. The average molecular weight is 632 g/mol. The molecule has 3 heteroatoms. The third-order valence-electron chi connectivity index (χ3n) is 10.8. The number of hydrogen-bond donors (Lipinski definition) is 0. The molecule has 3 heterocycles. The van der Waals surface area contributed by atoms with Gasteiger partial charge < -0.3 is 13.7 Å². The van der Waals surface area contributed by atoms with Gasteiger partial charge in [0.1, 0.15) is 0 Å². The monoisotopic (exact) mass is 631 g/mol. The highest BCUT2D eigenvalue weighted by Crippen LogP contribution is 2.41. The smallest absolute Gasteiger partial charge is 0.0541 e. The quantitative estimate of drug-likeness (QED) is 0.184. The van der Waals surface area contributed by atoms with E-state index in [4.69, 9.17) is 0 Å². The van der Waals surface area contributed by atoms with E-state index in [9.17, 15) is 0 Å². The Morgan fingerprint density at radius 3 is 1.14 bits per heavy atom. The molecule has 0 bridgehead atoms. The molecule has 1 aliphatic rings. The molecule has 0 saturated carbocycles. The lowest BCUT2D eigenvalue weighted by Crippen LogP contribution is -2.12. The van der Waals surface area contributed by atoms with Crippen LogP contribution in [0.4, 0.5) is 0 Å². The van der Waals surface area contributed by atoms with Gasteiger partial charge in [-0.2, -0.15) is 0 Å². The number of nitrogens with zero attached hydrogens (tertiary/aromatic N) is 3. The molecule has 9 aromatic rings. The van der Waals surface area contributed by atoms with Crippen molar-refractivity contribution in [1.82, 2.24) is 13.7 Å². The fourth-order valence-corrected chi connectivity index (χ4v) is 8.43. The first-order valence-corrected chi connectivity index (χ1v) is 17.4. The molecule has 1 aliphatic carbocycles. The number of fused-ring (bicyclic) bond motifs is 9. The lowest BCUT2D eigenvalue weighted by atomic mass is 9.81. The van der Waals surface area contributed by atoms with E-state index < -0.39 is 0 Å². The predicted octanol–water partition coefficient (Wildman–Crippen LogP) is 12.6. The molecule has 3 nitrogen and oxygen atoms in total. The van der Waals surface area contributed by atoms with Crippen molar-refractivity contribution in [3.63, 3.8) is 0 Å². The number of rotatable bonds is 3. The molecule has 6 aromatic carbocycles. The second-order valence-electron chi connectivity index (χ2n) is 14.6. The summed E-state index contributed by atoms with van der Waals surface area (Å²) in [5, 5.41) is 7.66. The summed E-state index contributed by atoms with van der Waals surface area (Å²) in [6, 6.07) is 49.3. The zero-order valence-corrected chi connectivity index (χ0v) is 28.1. The van der Waals surface area contributed by atoms with Gasteiger partial charge in [-0.1, -0.05) is 105 Å². The summed E-state index contributed by atoms with van der Waals surface area (Å²) in [5.74, 6) is 0. The van der Waals surface area contributed by atoms with E-state index in [1.54, 1.807) is 0 Å². The molecule has 0 N–H and O–H groups in total. The van der Waals surface area contributed by atoms with Gasteiger partial charge in [-0.15, -0.1) is 0 Å². The lowest BCUT2D eigenvalue weighted by Gasteiger charge is -2.26. The van der Waals surface area contributed by atoms with Crippen LogP contribution in [-0.4, -0.2) is 13.7 Å². The minimum absolute atomic E-state index is 0.178. The molecule has 236 valence electrons. The molecule has 49 heavy (non-hydrogen) atoms. The van der Waals surface area contributed by atoms with E-state index in [-0.39, 0.29) is 5.41 Å². The Morgan fingerprint density at radius 2 is 0.776 bits per heavy atom. The van der Waals surface area contributed by atoms with Crippen LogP contribution < -0.4 is 0 Å². The minimum atomic E-state index is 0.178. The lowest BCUT2D eigenvalue weighted by molar-refractivity contribution is 0.481. The first-order valence-electron chi connectivity index (χ1n) is 17.4. The van der Waals surface area contributed by atoms with E-state index in [1.807, 2.05) is 0 Å². The first-order chi connectivity index (χ1) is 24.0. The summed E-state index contributed by atoms with van der Waals surface area (Å²) in [6.07, 6.45) is 6.83. The highest BCUT2D eigenvalue weighted by Gasteiger charge is 2.23. The maximum absolute atomic E-state index is 2.52. The van der Waals surface area contributed by atoms with Crippen LogP contribution in [0.3, 0.4) is 0 Å². The van der Waals surface area contributed by atoms with Gasteiger partial charge in [-0.25, -0.2) is 0 Å². The molecule has 3 aromatic heterocycles. The van der Waals surface area contributed by atoms with Crippen molar-refractivity contribution in [3.8, 4) is 11.4 Å². The molecule has 10 rings (SSSR count). The normalized spacial score (nSPS) is 14.1. The Bertz CT molecular complexity index is 2580. The van der Waals surface area contributed by atoms with E-state index in [0.717, 1.165) is 12.8 Å². The van der Waals surface area contributed by atoms with Crippen molar-refractivity contribution in [2.24, 2.45) is 5.41 Å². The fraction of sp³-hybridized carbons (Fsp3) is 0.130. The van der Waals surface area contributed by atoms with Crippen LogP contribution in [-0.2, 0) is 0 Å². The molecule has 0 saturated heterocycles. The van der Waals surface area contributed by atoms with Gasteiger partial charge >= 0.3 is 0 Å². The molecule has 0 fully saturated rings. The largest absolute Gasteiger partial charge is 0.313 e. The molecule has 0 amide bonds. The Hall–Kier alpha value is -5.80. The Balaban J connectivity index is 1.27. The van der Waals surface area contributed by atoms with Crippen molar-refractivity contribution in [1.29, 1.82) is 0 Å². The van der Waals surface area contributed by atoms with E-state index >= 15 is 0 Å². The second-order valence-corrected chi connectivity index (χ2v) is 14.6. The fourth-order valence-electron chi connectivity index (χ4n) is 8.43.